The first kappa shape index (κ1) is 35.5. The van der Waals surface area contributed by atoms with E-state index in [1.807, 2.05) is 20.8 Å². The summed E-state index contributed by atoms with van der Waals surface area (Å²) in [6.45, 7) is 11.2. The van der Waals surface area contributed by atoms with Crippen LogP contribution in [0, 0.1) is 0 Å². The lowest BCUT2D eigenvalue weighted by Gasteiger charge is -2.19. The summed E-state index contributed by atoms with van der Waals surface area (Å²) in [5.41, 5.74) is 0.460. The highest BCUT2D eigenvalue weighted by Crippen LogP contribution is 2.30. The Balaban J connectivity index is 2.99. The molecule has 0 radical (unpaired) electrons. The van der Waals surface area contributed by atoms with Gasteiger partial charge < -0.3 is 38.8 Å². The average Bonchev–Trinajstić information content (AvgIpc) is 2.88. The first-order chi connectivity index (χ1) is 19.5. The zero-order valence-corrected chi connectivity index (χ0v) is 24.9. The van der Waals surface area contributed by atoms with Crippen molar-refractivity contribution in [1.29, 1.82) is 0 Å². The van der Waals surface area contributed by atoms with Crippen molar-refractivity contribution in [2.75, 3.05) is 13.2 Å². The van der Waals surface area contributed by atoms with E-state index < -0.39 is 42.7 Å². The summed E-state index contributed by atoms with van der Waals surface area (Å²) >= 11 is 0. The van der Waals surface area contributed by atoms with Crippen LogP contribution < -0.4 is 14.8 Å². The molecule has 0 amide bonds. The number of benzene rings is 1. The van der Waals surface area contributed by atoms with Gasteiger partial charge in [-0.2, -0.15) is 0 Å². The van der Waals surface area contributed by atoms with Crippen LogP contribution in [0.4, 0.5) is 14.4 Å². The van der Waals surface area contributed by atoms with Gasteiger partial charge in [0.15, 0.2) is 11.5 Å². The first-order valence-electron chi connectivity index (χ1n) is 14.2. The molecule has 1 aromatic carbocycles. The highest BCUT2D eigenvalue weighted by Gasteiger charge is 2.23. The van der Waals surface area contributed by atoms with Crippen LogP contribution in [0.1, 0.15) is 85.6 Å². The number of nitrogens with one attached hydrogen (secondary N) is 1. The zero-order chi connectivity index (χ0) is 30.8. The molecule has 0 spiro atoms. The highest BCUT2D eigenvalue weighted by atomic mass is 16.8. The number of carboxylic acids is 1. The van der Waals surface area contributed by atoms with E-state index in [-0.39, 0.29) is 37.2 Å². The predicted molar refractivity (Wildman–Crippen MR) is 149 cm³/mol. The maximum atomic E-state index is 12.4. The number of unbranched alkanes of at least 4 members (excludes halogenated alkanes) is 1. The largest absolute Gasteiger partial charge is 0.514 e. The molecule has 12 heteroatoms. The van der Waals surface area contributed by atoms with Crippen LogP contribution in [-0.4, -0.2) is 67.0 Å². The van der Waals surface area contributed by atoms with Crippen molar-refractivity contribution in [2.24, 2.45) is 0 Å². The molecular formula is C29H45NO11. The molecule has 0 saturated heterocycles. The van der Waals surface area contributed by atoms with Crippen molar-refractivity contribution in [2.45, 2.75) is 111 Å². The highest BCUT2D eigenvalue weighted by molar-refractivity contribution is 5.74. The van der Waals surface area contributed by atoms with Gasteiger partial charge in [0.25, 0.3) is 0 Å². The molecular weight excluding hydrogens is 538 g/mol. The molecule has 1 aromatic rings. The number of rotatable bonds is 18. The van der Waals surface area contributed by atoms with Crippen LogP contribution in [0.15, 0.2) is 18.2 Å². The maximum absolute atomic E-state index is 12.4. The lowest BCUT2D eigenvalue weighted by molar-refractivity contribution is -0.139. The van der Waals surface area contributed by atoms with E-state index in [2.05, 4.69) is 5.32 Å². The van der Waals surface area contributed by atoms with Crippen molar-refractivity contribution in [3.63, 3.8) is 0 Å². The molecule has 0 aliphatic rings. The maximum Gasteiger partial charge on any atom is 0.514 e. The molecule has 0 bridgehead atoms. The second-order valence-corrected chi connectivity index (χ2v) is 9.80. The van der Waals surface area contributed by atoms with Gasteiger partial charge in [0.1, 0.15) is 24.4 Å². The molecule has 4 atom stereocenters. The van der Waals surface area contributed by atoms with E-state index in [1.165, 1.54) is 12.1 Å². The molecule has 3 unspecified atom stereocenters. The van der Waals surface area contributed by atoms with Gasteiger partial charge >= 0.3 is 24.4 Å². The van der Waals surface area contributed by atoms with Gasteiger partial charge in [0.2, 0.25) is 0 Å². The summed E-state index contributed by atoms with van der Waals surface area (Å²) in [5, 5.41) is 12.6. The normalized spacial score (nSPS) is 13.7. The lowest BCUT2D eigenvalue weighted by atomic mass is 10.0. The van der Waals surface area contributed by atoms with Gasteiger partial charge in [-0.3, -0.25) is 4.79 Å². The Kier molecular flexibility index (Phi) is 16.9. The third kappa shape index (κ3) is 15.1. The SMILES string of the molecule is CCCCOC(=O)OC(C)CN[C@@H](Cc1ccc(OC(=O)OC(C)CCC)c(OC(=O)OC(C)CCC)c1)C(=O)O. The van der Waals surface area contributed by atoms with Gasteiger partial charge in [0.05, 0.1) is 6.61 Å². The second kappa shape index (κ2) is 19.5. The Morgan fingerprint density at radius 1 is 0.780 bits per heavy atom. The summed E-state index contributed by atoms with van der Waals surface area (Å²) in [5.74, 6) is -1.37. The minimum Gasteiger partial charge on any atom is -0.480 e. The van der Waals surface area contributed by atoms with Crippen LogP contribution in [-0.2, 0) is 30.2 Å². The van der Waals surface area contributed by atoms with E-state index in [1.54, 1.807) is 26.8 Å². The van der Waals surface area contributed by atoms with Crippen molar-refractivity contribution in [1.82, 2.24) is 5.32 Å². The number of carbonyl (C=O) groups excluding carboxylic acids is 3. The number of carbonyl (C=O) groups is 4. The molecule has 0 aliphatic heterocycles. The number of hydrogen-bond acceptors (Lipinski definition) is 11. The van der Waals surface area contributed by atoms with E-state index in [9.17, 15) is 24.3 Å². The van der Waals surface area contributed by atoms with Crippen LogP contribution in [0.2, 0.25) is 0 Å². The van der Waals surface area contributed by atoms with E-state index >= 15 is 0 Å². The summed E-state index contributed by atoms with van der Waals surface area (Å²) in [6, 6.07) is 3.24. The Labute approximate surface area is 241 Å². The molecule has 0 aliphatic carbocycles. The fraction of sp³-hybridized carbons (Fsp3) is 0.655. The summed E-state index contributed by atoms with van der Waals surface area (Å²) in [7, 11) is 0. The fourth-order valence-corrected chi connectivity index (χ4v) is 3.66. The molecule has 2 N–H and O–H groups in total. The topological polar surface area (TPSA) is 156 Å². The standard InChI is InChI=1S/C29H45NO11/c1-7-10-15-36-27(33)39-21(6)18-30-23(26(31)32)16-22-13-14-24(40-28(34)37-19(4)11-8-2)25(17-22)41-29(35)38-20(5)12-9-3/h13-14,17,19-21,23,30H,7-12,15-16,18H2,1-6H3,(H,31,32)/t19?,20?,21?,23-/m0/s1. The molecule has 41 heavy (non-hydrogen) atoms. The number of carboxylic acid groups (broad SMARTS) is 1. The summed E-state index contributed by atoms with van der Waals surface area (Å²) in [6.07, 6.45) is 0.237. The molecule has 0 aromatic heterocycles. The quantitative estimate of drug-likeness (QED) is 0.0897. The molecule has 1 rings (SSSR count). The zero-order valence-electron chi connectivity index (χ0n) is 24.9. The van der Waals surface area contributed by atoms with Crippen molar-refractivity contribution in [3.8, 4) is 11.5 Å². The molecule has 0 fully saturated rings. The van der Waals surface area contributed by atoms with Gasteiger partial charge in [-0.1, -0.05) is 46.1 Å². The minimum absolute atomic E-state index is 0.0289. The van der Waals surface area contributed by atoms with Crippen LogP contribution in [0.25, 0.3) is 0 Å². The van der Waals surface area contributed by atoms with E-state index in [4.69, 9.17) is 28.4 Å². The third-order valence-corrected chi connectivity index (χ3v) is 5.78. The Morgan fingerprint density at radius 2 is 1.34 bits per heavy atom. The van der Waals surface area contributed by atoms with Crippen molar-refractivity contribution >= 4 is 24.4 Å². The lowest BCUT2D eigenvalue weighted by Crippen LogP contribution is -2.42. The number of hydrogen-bond donors (Lipinski definition) is 2. The van der Waals surface area contributed by atoms with Crippen LogP contribution in [0.5, 0.6) is 11.5 Å². The Hall–Kier alpha value is -3.54. The fourth-order valence-electron chi connectivity index (χ4n) is 3.66. The molecule has 12 nitrogen and oxygen atoms in total. The summed E-state index contributed by atoms with van der Waals surface area (Å²) < 4.78 is 31.2. The van der Waals surface area contributed by atoms with Crippen LogP contribution in [0.3, 0.4) is 0 Å². The smallest absolute Gasteiger partial charge is 0.480 e. The van der Waals surface area contributed by atoms with E-state index in [0.29, 0.717) is 24.8 Å². The first-order valence-corrected chi connectivity index (χ1v) is 14.2. The molecule has 0 saturated carbocycles. The van der Waals surface area contributed by atoms with Crippen molar-refractivity contribution in [3.05, 3.63) is 23.8 Å². The Morgan fingerprint density at radius 3 is 1.88 bits per heavy atom. The second-order valence-electron chi connectivity index (χ2n) is 9.80. The molecule has 232 valence electrons. The van der Waals surface area contributed by atoms with Gasteiger partial charge in [0, 0.05) is 6.54 Å². The summed E-state index contributed by atoms with van der Waals surface area (Å²) in [4.78, 5) is 48.4. The number of ether oxygens (including phenoxy) is 6. The minimum atomic E-state index is -1.15. The van der Waals surface area contributed by atoms with Gasteiger partial charge in [-0.25, -0.2) is 14.4 Å². The Bertz CT molecular complexity index is 968. The van der Waals surface area contributed by atoms with E-state index in [0.717, 1.165) is 19.3 Å². The van der Waals surface area contributed by atoms with Gasteiger partial charge in [-0.05, 0) is 64.2 Å². The monoisotopic (exact) mass is 583 g/mol. The third-order valence-electron chi connectivity index (χ3n) is 5.78. The van der Waals surface area contributed by atoms with Crippen LogP contribution >= 0.6 is 0 Å². The molecule has 0 heterocycles. The average molecular weight is 584 g/mol. The number of aliphatic carboxylic acids is 1. The van der Waals surface area contributed by atoms with Crippen molar-refractivity contribution < 1.29 is 52.7 Å². The van der Waals surface area contributed by atoms with Gasteiger partial charge in [-0.15, -0.1) is 0 Å². The predicted octanol–water partition coefficient (Wildman–Crippen LogP) is 6.02.